The van der Waals surface area contributed by atoms with Crippen LogP contribution in [0.5, 0.6) is 0 Å². The van der Waals surface area contributed by atoms with Gasteiger partial charge in [-0.25, -0.2) is 13.1 Å². The van der Waals surface area contributed by atoms with Crippen LogP contribution in [0.25, 0.3) is 0 Å². The first-order chi connectivity index (χ1) is 9.45. The summed E-state index contributed by atoms with van der Waals surface area (Å²) < 4.78 is 27.7. The van der Waals surface area contributed by atoms with Gasteiger partial charge in [-0.05, 0) is 53.4 Å². The van der Waals surface area contributed by atoms with Gasteiger partial charge in [0, 0.05) is 12.6 Å². The summed E-state index contributed by atoms with van der Waals surface area (Å²) in [5.74, 6) is 0. The lowest BCUT2D eigenvalue weighted by Gasteiger charge is -2.16. The van der Waals surface area contributed by atoms with Gasteiger partial charge in [-0.1, -0.05) is 12.1 Å². The highest BCUT2D eigenvalue weighted by Gasteiger charge is 2.21. The van der Waals surface area contributed by atoms with Crippen LogP contribution in [0.1, 0.15) is 29.7 Å². The first-order valence-corrected chi connectivity index (χ1v) is 8.71. The van der Waals surface area contributed by atoms with E-state index in [1.54, 1.807) is 30.4 Å². The van der Waals surface area contributed by atoms with Crippen molar-refractivity contribution in [3.8, 4) is 0 Å². The SMILES string of the molecule is Cc1c(CN)cccc1S(=O)(=O)NC(C)c1ccsc1. The molecule has 4 nitrogen and oxygen atoms in total. The second-order valence-corrected chi connectivity index (χ2v) is 7.11. The first-order valence-electron chi connectivity index (χ1n) is 6.28. The highest BCUT2D eigenvalue weighted by Crippen LogP contribution is 2.22. The lowest BCUT2D eigenvalue weighted by Crippen LogP contribution is -2.27. The zero-order valence-electron chi connectivity index (χ0n) is 11.5. The van der Waals surface area contributed by atoms with Crippen LogP contribution in [0.3, 0.4) is 0 Å². The standard InChI is InChI=1S/C14H18N2O2S2/c1-10-12(8-15)4-3-5-14(10)20(17,18)16-11(2)13-6-7-19-9-13/h3-7,9,11,16H,8,15H2,1-2H3. The van der Waals surface area contributed by atoms with Gasteiger partial charge < -0.3 is 5.73 Å². The monoisotopic (exact) mass is 310 g/mol. The molecule has 0 fully saturated rings. The largest absolute Gasteiger partial charge is 0.326 e. The van der Waals surface area contributed by atoms with E-state index < -0.39 is 10.0 Å². The second kappa shape index (κ2) is 6.05. The fourth-order valence-corrected chi connectivity index (χ4v) is 4.33. The first kappa shape index (κ1) is 15.2. The summed E-state index contributed by atoms with van der Waals surface area (Å²) in [6.07, 6.45) is 0. The van der Waals surface area contributed by atoms with Gasteiger partial charge in [0.1, 0.15) is 0 Å². The van der Waals surface area contributed by atoms with Crippen molar-refractivity contribution in [1.29, 1.82) is 0 Å². The minimum atomic E-state index is -3.55. The molecule has 0 saturated heterocycles. The van der Waals surface area contributed by atoms with Crippen LogP contribution >= 0.6 is 11.3 Å². The third-order valence-electron chi connectivity index (χ3n) is 3.28. The maximum absolute atomic E-state index is 12.5. The van der Waals surface area contributed by atoms with E-state index in [9.17, 15) is 8.42 Å². The normalized spacial score (nSPS) is 13.3. The van der Waals surface area contributed by atoms with Gasteiger partial charge >= 0.3 is 0 Å². The number of nitrogens with one attached hydrogen (secondary N) is 1. The minimum absolute atomic E-state index is 0.257. The lowest BCUT2D eigenvalue weighted by molar-refractivity contribution is 0.566. The number of sulfonamides is 1. The lowest BCUT2D eigenvalue weighted by atomic mass is 10.1. The molecule has 108 valence electrons. The Morgan fingerprint density at radius 2 is 2.10 bits per heavy atom. The van der Waals surface area contributed by atoms with Crippen LogP contribution in [0, 0.1) is 6.92 Å². The van der Waals surface area contributed by atoms with E-state index in [4.69, 9.17) is 5.73 Å². The molecule has 0 aliphatic carbocycles. The average molecular weight is 310 g/mol. The second-order valence-electron chi connectivity index (χ2n) is 4.64. The fraction of sp³-hybridized carbons (Fsp3) is 0.286. The molecule has 3 N–H and O–H groups in total. The maximum Gasteiger partial charge on any atom is 0.241 e. The van der Waals surface area contributed by atoms with E-state index in [0.29, 0.717) is 17.0 Å². The topological polar surface area (TPSA) is 72.2 Å². The Hall–Kier alpha value is -1.21. The summed E-state index contributed by atoms with van der Waals surface area (Å²) in [5.41, 5.74) is 8.14. The van der Waals surface area contributed by atoms with Crippen molar-refractivity contribution in [1.82, 2.24) is 4.72 Å². The number of hydrogen-bond donors (Lipinski definition) is 2. The number of rotatable bonds is 5. The molecular weight excluding hydrogens is 292 g/mol. The van der Waals surface area contributed by atoms with E-state index in [-0.39, 0.29) is 6.04 Å². The summed E-state index contributed by atoms with van der Waals surface area (Å²) in [4.78, 5) is 0.294. The molecule has 2 aromatic rings. The van der Waals surface area contributed by atoms with Gasteiger partial charge in [0.05, 0.1) is 4.90 Å². The van der Waals surface area contributed by atoms with Crippen LogP contribution in [-0.4, -0.2) is 8.42 Å². The molecule has 0 bridgehead atoms. The zero-order valence-corrected chi connectivity index (χ0v) is 13.1. The number of benzene rings is 1. The van der Waals surface area contributed by atoms with E-state index in [1.807, 2.05) is 29.8 Å². The summed E-state index contributed by atoms with van der Waals surface area (Å²) in [7, 11) is -3.55. The summed E-state index contributed by atoms with van der Waals surface area (Å²) in [6, 6.07) is 6.83. The van der Waals surface area contributed by atoms with Gasteiger partial charge in [0.25, 0.3) is 0 Å². The van der Waals surface area contributed by atoms with Crippen LogP contribution in [0.15, 0.2) is 39.9 Å². The minimum Gasteiger partial charge on any atom is -0.326 e. The van der Waals surface area contributed by atoms with Crippen LogP contribution in [0.4, 0.5) is 0 Å². The van der Waals surface area contributed by atoms with Gasteiger partial charge in [-0.15, -0.1) is 0 Å². The van der Waals surface area contributed by atoms with E-state index in [1.165, 1.54) is 0 Å². The van der Waals surface area contributed by atoms with Crippen molar-refractivity contribution in [3.63, 3.8) is 0 Å². The predicted molar refractivity (Wildman–Crippen MR) is 82.1 cm³/mol. The number of thiophene rings is 1. The molecular formula is C14H18N2O2S2. The van der Waals surface area contributed by atoms with Crippen LogP contribution in [0.2, 0.25) is 0 Å². The predicted octanol–water partition coefficient (Wildman–Crippen LogP) is 2.55. The van der Waals surface area contributed by atoms with Gasteiger partial charge in [0.15, 0.2) is 0 Å². The van der Waals surface area contributed by atoms with Gasteiger partial charge in [0.2, 0.25) is 10.0 Å². The molecule has 20 heavy (non-hydrogen) atoms. The Kier molecular flexibility index (Phi) is 4.59. The molecule has 1 heterocycles. The van der Waals surface area contributed by atoms with Crippen molar-refractivity contribution in [2.24, 2.45) is 5.73 Å². The quantitative estimate of drug-likeness (QED) is 0.891. The molecule has 1 aromatic carbocycles. The van der Waals surface area contributed by atoms with E-state index >= 15 is 0 Å². The summed E-state index contributed by atoms with van der Waals surface area (Å²) in [6.45, 7) is 3.95. The molecule has 1 unspecified atom stereocenters. The smallest absolute Gasteiger partial charge is 0.241 e. The fourth-order valence-electron chi connectivity index (χ4n) is 2.06. The Labute approximate surface area is 123 Å². The maximum atomic E-state index is 12.5. The third-order valence-corrected chi connectivity index (χ3v) is 5.67. The Balaban J connectivity index is 2.31. The van der Waals surface area contributed by atoms with Gasteiger partial charge in [-0.2, -0.15) is 11.3 Å². The van der Waals surface area contributed by atoms with E-state index in [0.717, 1.165) is 11.1 Å². The molecule has 6 heteroatoms. The molecule has 1 atom stereocenters. The average Bonchev–Trinajstić information content (AvgIpc) is 2.92. The van der Waals surface area contributed by atoms with Crippen LogP contribution in [-0.2, 0) is 16.6 Å². The van der Waals surface area contributed by atoms with E-state index in [2.05, 4.69) is 4.72 Å². The highest BCUT2D eigenvalue weighted by atomic mass is 32.2. The molecule has 0 aliphatic heterocycles. The van der Waals surface area contributed by atoms with Crippen LogP contribution < -0.4 is 10.5 Å². The molecule has 1 aromatic heterocycles. The van der Waals surface area contributed by atoms with Crippen molar-refractivity contribution >= 4 is 21.4 Å². The molecule has 0 spiro atoms. The summed E-state index contributed by atoms with van der Waals surface area (Å²) >= 11 is 1.55. The Bertz CT molecular complexity index is 679. The highest BCUT2D eigenvalue weighted by molar-refractivity contribution is 7.89. The molecule has 0 amide bonds. The Morgan fingerprint density at radius 3 is 2.70 bits per heavy atom. The molecule has 0 aliphatic rings. The molecule has 0 saturated carbocycles. The Morgan fingerprint density at radius 1 is 1.35 bits per heavy atom. The number of hydrogen-bond acceptors (Lipinski definition) is 4. The van der Waals surface area contributed by atoms with Crippen molar-refractivity contribution < 1.29 is 8.42 Å². The molecule has 0 radical (unpaired) electrons. The molecule has 2 rings (SSSR count). The third kappa shape index (κ3) is 3.09. The van der Waals surface area contributed by atoms with Crippen molar-refractivity contribution in [3.05, 3.63) is 51.7 Å². The van der Waals surface area contributed by atoms with Crippen molar-refractivity contribution in [2.75, 3.05) is 0 Å². The van der Waals surface area contributed by atoms with Gasteiger partial charge in [-0.3, -0.25) is 0 Å². The number of nitrogens with two attached hydrogens (primary N) is 1. The van der Waals surface area contributed by atoms with Crippen molar-refractivity contribution in [2.45, 2.75) is 31.3 Å². The summed E-state index contributed by atoms with van der Waals surface area (Å²) in [5, 5.41) is 3.87. The zero-order chi connectivity index (χ0) is 14.8.